The van der Waals surface area contributed by atoms with Crippen LogP contribution in [0.5, 0.6) is 0 Å². The molecule has 12 heavy (non-hydrogen) atoms. The van der Waals surface area contributed by atoms with Gasteiger partial charge in [-0.2, -0.15) is 11.8 Å². The Morgan fingerprint density at radius 2 is 1.75 bits per heavy atom. The van der Waals surface area contributed by atoms with Crippen molar-refractivity contribution in [2.75, 3.05) is 12.0 Å². The Balaban J connectivity index is 2.99. The molecule has 0 fully saturated rings. The van der Waals surface area contributed by atoms with E-state index >= 15 is 0 Å². The van der Waals surface area contributed by atoms with Crippen molar-refractivity contribution in [1.29, 1.82) is 0 Å². The molecule has 0 aromatic heterocycles. The molecule has 0 rings (SSSR count). The van der Waals surface area contributed by atoms with Gasteiger partial charge in [0, 0.05) is 12.8 Å². The number of thioether (sulfide) groups is 1. The van der Waals surface area contributed by atoms with E-state index in [4.69, 9.17) is 0 Å². The van der Waals surface area contributed by atoms with Gasteiger partial charge in [-0.25, -0.2) is 0 Å². The molecule has 0 nitrogen and oxygen atoms in total. The molecule has 0 heterocycles. The lowest BCUT2D eigenvalue weighted by Crippen LogP contribution is -1.77. The molecule has 0 aliphatic heterocycles. The highest BCUT2D eigenvalue weighted by molar-refractivity contribution is 7.98. The van der Waals surface area contributed by atoms with Crippen LogP contribution in [-0.2, 0) is 0 Å². The minimum absolute atomic E-state index is 1.02. The van der Waals surface area contributed by atoms with Crippen molar-refractivity contribution in [2.45, 2.75) is 38.5 Å². The first kappa shape index (κ1) is 11.9. The molecule has 0 aromatic carbocycles. The maximum Gasteiger partial charge on any atom is 0.00889 e. The predicted octanol–water partition coefficient (Wildman–Crippen LogP) is 3.53. The van der Waals surface area contributed by atoms with Gasteiger partial charge in [-0.1, -0.05) is 13.3 Å². The van der Waals surface area contributed by atoms with Gasteiger partial charge in [-0.3, -0.25) is 0 Å². The first-order valence-electron chi connectivity index (χ1n) is 4.65. The van der Waals surface area contributed by atoms with E-state index in [1.807, 2.05) is 11.8 Å². The first-order chi connectivity index (χ1) is 5.91. The second-order valence-corrected chi connectivity index (χ2v) is 3.75. The van der Waals surface area contributed by atoms with Gasteiger partial charge in [0.15, 0.2) is 0 Å². The summed E-state index contributed by atoms with van der Waals surface area (Å²) in [5.41, 5.74) is 0. The Labute approximate surface area is 81.5 Å². The maximum atomic E-state index is 3.77. The highest BCUT2D eigenvalue weighted by Crippen LogP contribution is 2.01. The normalized spacial score (nSPS) is 9.17. The summed E-state index contributed by atoms with van der Waals surface area (Å²) < 4.78 is 0. The summed E-state index contributed by atoms with van der Waals surface area (Å²) in [5.74, 6) is 7.64. The summed E-state index contributed by atoms with van der Waals surface area (Å²) in [4.78, 5) is 0. The smallest absolute Gasteiger partial charge is 0.00889 e. The summed E-state index contributed by atoms with van der Waals surface area (Å²) in [7, 11) is 0. The van der Waals surface area contributed by atoms with Crippen LogP contribution in [0.1, 0.15) is 38.5 Å². The number of hydrogen-bond donors (Lipinski definition) is 0. The second-order valence-electron chi connectivity index (χ2n) is 2.76. The third-order valence-corrected chi connectivity index (χ3v) is 2.27. The van der Waals surface area contributed by atoms with E-state index in [0.717, 1.165) is 25.7 Å². The van der Waals surface area contributed by atoms with Crippen molar-refractivity contribution < 1.29 is 0 Å². The van der Waals surface area contributed by atoms with Crippen LogP contribution in [-0.4, -0.2) is 12.0 Å². The van der Waals surface area contributed by atoms with Crippen LogP contribution >= 0.6 is 11.8 Å². The van der Waals surface area contributed by atoms with Gasteiger partial charge in [-0.15, -0.1) is 11.8 Å². The molecule has 0 saturated heterocycles. The SMILES string of the molecule is [CH2]CCCC#CCCCCSC. The highest BCUT2D eigenvalue weighted by Gasteiger charge is 1.83. The third-order valence-electron chi connectivity index (χ3n) is 1.58. The van der Waals surface area contributed by atoms with Crippen LogP contribution < -0.4 is 0 Å². The minimum Gasteiger partial charge on any atom is -0.165 e. The van der Waals surface area contributed by atoms with Crippen LogP contribution in [0.15, 0.2) is 0 Å². The molecule has 0 spiro atoms. The van der Waals surface area contributed by atoms with Crippen molar-refractivity contribution in [3.63, 3.8) is 0 Å². The molecule has 0 N–H and O–H groups in total. The number of unbranched alkanes of at least 4 members (excludes halogenated alkanes) is 4. The van der Waals surface area contributed by atoms with E-state index in [-0.39, 0.29) is 0 Å². The molecule has 0 aliphatic carbocycles. The minimum atomic E-state index is 1.02. The van der Waals surface area contributed by atoms with Gasteiger partial charge < -0.3 is 0 Å². The quantitative estimate of drug-likeness (QED) is 0.448. The van der Waals surface area contributed by atoms with E-state index < -0.39 is 0 Å². The first-order valence-corrected chi connectivity index (χ1v) is 6.05. The molecule has 69 valence electrons. The molecule has 0 atom stereocenters. The Bertz CT molecular complexity index is 130. The zero-order chi connectivity index (χ0) is 9.07. The molecule has 0 aliphatic rings. The average Bonchev–Trinajstić information content (AvgIpc) is 2.10. The van der Waals surface area contributed by atoms with E-state index in [0.29, 0.717) is 0 Å². The van der Waals surface area contributed by atoms with Crippen molar-refractivity contribution in [3.8, 4) is 11.8 Å². The fraction of sp³-hybridized carbons (Fsp3) is 0.727. The predicted molar refractivity (Wildman–Crippen MR) is 59.2 cm³/mol. The molecule has 1 radical (unpaired) electrons. The van der Waals surface area contributed by atoms with Crippen LogP contribution in [0, 0.1) is 18.8 Å². The topological polar surface area (TPSA) is 0 Å². The Morgan fingerprint density at radius 3 is 2.33 bits per heavy atom. The van der Waals surface area contributed by atoms with Gasteiger partial charge >= 0.3 is 0 Å². The lowest BCUT2D eigenvalue weighted by atomic mass is 10.2. The lowest BCUT2D eigenvalue weighted by Gasteiger charge is -1.91. The fourth-order valence-corrected chi connectivity index (χ4v) is 1.34. The van der Waals surface area contributed by atoms with Gasteiger partial charge in [0.25, 0.3) is 0 Å². The van der Waals surface area contributed by atoms with Crippen molar-refractivity contribution in [2.24, 2.45) is 0 Å². The van der Waals surface area contributed by atoms with Crippen LogP contribution in [0.3, 0.4) is 0 Å². The number of hydrogen-bond acceptors (Lipinski definition) is 1. The van der Waals surface area contributed by atoms with Crippen LogP contribution in [0.2, 0.25) is 0 Å². The van der Waals surface area contributed by atoms with Crippen molar-refractivity contribution >= 4 is 11.8 Å². The third kappa shape index (κ3) is 9.91. The molecule has 0 bridgehead atoms. The summed E-state index contributed by atoms with van der Waals surface area (Å²) in [6.07, 6.45) is 9.01. The van der Waals surface area contributed by atoms with Crippen molar-refractivity contribution in [3.05, 3.63) is 6.92 Å². The average molecular weight is 183 g/mol. The van der Waals surface area contributed by atoms with Gasteiger partial charge in [0.2, 0.25) is 0 Å². The molecular formula is C11H19S. The largest absolute Gasteiger partial charge is 0.165 e. The Hall–Kier alpha value is -0.0900. The highest BCUT2D eigenvalue weighted by atomic mass is 32.2. The monoisotopic (exact) mass is 183 g/mol. The number of rotatable bonds is 6. The summed E-state index contributed by atoms with van der Waals surface area (Å²) in [6, 6.07) is 0. The standard InChI is InChI=1S/C11H19S/c1-3-4-5-6-7-8-9-10-11-12-2/h1,3-5,8-11H2,2H3. The molecule has 0 amide bonds. The molecule has 0 unspecified atom stereocenters. The molecule has 0 aromatic rings. The summed E-state index contributed by atoms with van der Waals surface area (Å²) in [5, 5.41) is 0. The summed E-state index contributed by atoms with van der Waals surface area (Å²) in [6.45, 7) is 3.77. The molecule has 0 saturated carbocycles. The van der Waals surface area contributed by atoms with E-state index in [9.17, 15) is 0 Å². The van der Waals surface area contributed by atoms with Crippen LogP contribution in [0.4, 0.5) is 0 Å². The molecular weight excluding hydrogens is 164 g/mol. The second kappa shape index (κ2) is 10.9. The zero-order valence-corrected chi connectivity index (χ0v) is 8.88. The lowest BCUT2D eigenvalue weighted by molar-refractivity contribution is 0.833. The van der Waals surface area contributed by atoms with Gasteiger partial charge in [0.05, 0.1) is 0 Å². The van der Waals surface area contributed by atoms with Gasteiger partial charge in [0.1, 0.15) is 0 Å². The van der Waals surface area contributed by atoms with E-state index in [2.05, 4.69) is 25.0 Å². The van der Waals surface area contributed by atoms with Crippen LogP contribution in [0.25, 0.3) is 0 Å². The summed E-state index contributed by atoms with van der Waals surface area (Å²) >= 11 is 1.92. The van der Waals surface area contributed by atoms with E-state index in [1.54, 1.807) is 0 Å². The Kier molecular flexibility index (Phi) is 10.8. The van der Waals surface area contributed by atoms with Crippen molar-refractivity contribution in [1.82, 2.24) is 0 Å². The Morgan fingerprint density at radius 1 is 1.08 bits per heavy atom. The fourth-order valence-electron chi connectivity index (χ4n) is 0.850. The maximum absolute atomic E-state index is 3.77. The zero-order valence-electron chi connectivity index (χ0n) is 8.07. The molecule has 1 heteroatoms. The van der Waals surface area contributed by atoms with Gasteiger partial charge in [-0.05, 0) is 31.3 Å². The van der Waals surface area contributed by atoms with E-state index in [1.165, 1.54) is 18.6 Å².